The number of carbonyl (C=O) groups is 2. The molecule has 0 radical (unpaired) electrons. The highest BCUT2D eigenvalue weighted by Gasteiger charge is 2.32. The van der Waals surface area contributed by atoms with Crippen LogP contribution in [0.1, 0.15) is 28.9 Å². The van der Waals surface area contributed by atoms with Crippen LogP contribution in [0.5, 0.6) is 0 Å². The predicted molar refractivity (Wildman–Crippen MR) is 131 cm³/mol. The van der Waals surface area contributed by atoms with Gasteiger partial charge in [-0.25, -0.2) is 4.39 Å². The van der Waals surface area contributed by atoms with Crippen LogP contribution in [0.3, 0.4) is 0 Å². The molecule has 4 rings (SSSR count). The zero-order valence-electron chi connectivity index (χ0n) is 19.4. The van der Waals surface area contributed by atoms with Crippen molar-refractivity contribution in [1.82, 2.24) is 20.3 Å². The van der Waals surface area contributed by atoms with Crippen LogP contribution < -0.4 is 0 Å². The number of aromatic amines is 1. The topological polar surface area (TPSA) is 123 Å². The molecule has 0 spiro atoms. The van der Waals surface area contributed by atoms with Crippen LogP contribution in [0.15, 0.2) is 48.7 Å². The minimum Gasteiger partial charge on any atom is -0.481 e. The zero-order chi connectivity index (χ0) is 25.7. The summed E-state index contributed by atoms with van der Waals surface area (Å²) >= 11 is 6.02. The Bertz CT molecular complexity index is 1250. The molecule has 8 nitrogen and oxygen atoms in total. The van der Waals surface area contributed by atoms with Crippen LogP contribution in [0.25, 0.3) is 11.1 Å². The normalized spacial score (nSPS) is 15.6. The van der Waals surface area contributed by atoms with Crippen molar-refractivity contribution in [3.8, 4) is 17.2 Å². The second-order valence-corrected chi connectivity index (χ2v) is 9.63. The maximum Gasteiger partial charge on any atom is 0.307 e. The van der Waals surface area contributed by atoms with E-state index in [1.165, 1.54) is 18.3 Å². The van der Waals surface area contributed by atoms with E-state index in [1.807, 2.05) is 17.0 Å². The van der Waals surface area contributed by atoms with Gasteiger partial charge >= 0.3 is 5.97 Å². The lowest BCUT2D eigenvalue weighted by molar-refractivity contribution is -0.143. The Hall–Kier alpha value is -3.61. The van der Waals surface area contributed by atoms with E-state index < -0.39 is 11.9 Å². The van der Waals surface area contributed by atoms with Gasteiger partial charge in [0.15, 0.2) is 5.78 Å². The molecule has 0 aliphatic carbocycles. The van der Waals surface area contributed by atoms with Crippen molar-refractivity contribution < 1.29 is 19.1 Å². The summed E-state index contributed by atoms with van der Waals surface area (Å²) < 4.78 is 14.3. The van der Waals surface area contributed by atoms with Crippen LogP contribution in [0.4, 0.5) is 4.39 Å². The minimum absolute atomic E-state index is 0.0631. The van der Waals surface area contributed by atoms with Gasteiger partial charge in [0, 0.05) is 36.6 Å². The van der Waals surface area contributed by atoms with Gasteiger partial charge in [0.05, 0.1) is 24.1 Å². The van der Waals surface area contributed by atoms with E-state index in [0.29, 0.717) is 42.2 Å². The van der Waals surface area contributed by atoms with Crippen LogP contribution in [-0.4, -0.2) is 56.8 Å². The molecular weight excluding hydrogens is 485 g/mol. The number of aromatic nitrogens is 3. The summed E-state index contributed by atoms with van der Waals surface area (Å²) in [5.74, 6) is -2.54. The van der Waals surface area contributed by atoms with Gasteiger partial charge < -0.3 is 5.11 Å². The number of carbonyl (C=O) groups excluding carboxylic acids is 1. The number of nitrogens with zero attached hydrogens (tertiary/aromatic N) is 4. The van der Waals surface area contributed by atoms with Gasteiger partial charge in [-0.3, -0.25) is 14.5 Å². The van der Waals surface area contributed by atoms with Gasteiger partial charge in [0.2, 0.25) is 0 Å². The first kappa shape index (κ1) is 25.5. The van der Waals surface area contributed by atoms with Gasteiger partial charge in [-0.15, -0.1) is 0 Å². The molecule has 0 unspecified atom stereocenters. The van der Waals surface area contributed by atoms with E-state index in [1.54, 1.807) is 18.2 Å². The maximum absolute atomic E-state index is 14.3. The summed E-state index contributed by atoms with van der Waals surface area (Å²) in [6.45, 7) is 1.45. The van der Waals surface area contributed by atoms with E-state index >= 15 is 0 Å². The van der Waals surface area contributed by atoms with Crippen molar-refractivity contribution in [1.29, 1.82) is 5.26 Å². The molecule has 0 saturated carbocycles. The number of likely N-dealkylation sites (tertiary alicyclic amines) is 1. The fourth-order valence-electron chi connectivity index (χ4n) is 4.58. The van der Waals surface area contributed by atoms with Crippen LogP contribution >= 0.6 is 11.6 Å². The number of H-pyrrole nitrogens is 1. The summed E-state index contributed by atoms with van der Waals surface area (Å²) in [6, 6.07) is 13.9. The third-order valence-corrected chi connectivity index (χ3v) is 6.71. The number of nitriles is 1. The van der Waals surface area contributed by atoms with Crippen molar-refractivity contribution in [3.63, 3.8) is 0 Å². The van der Waals surface area contributed by atoms with Gasteiger partial charge in [-0.1, -0.05) is 35.9 Å². The van der Waals surface area contributed by atoms with E-state index in [9.17, 15) is 19.1 Å². The first-order chi connectivity index (χ1) is 17.3. The average Bonchev–Trinajstić information content (AvgIpc) is 3.37. The molecule has 1 aromatic heterocycles. The Morgan fingerprint density at radius 1 is 1.25 bits per heavy atom. The Kier molecular flexibility index (Phi) is 8.08. The smallest absolute Gasteiger partial charge is 0.307 e. The van der Waals surface area contributed by atoms with Gasteiger partial charge in [0.1, 0.15) is 11.5 Å². The second-order valence-electron chi connectivity index (χ2n) is 9.19. The highest BCUT2D eigenvalue weighted by Crippen LogP contribution is 2.29. The molecule has 186 valence electrons. The molecule has 1 aliphatic rings. The Labute approximate surface area is 212 Å². The molecule has 0 bridgehead atoms. The van der Waals surface area contributed by atoms with E-state index in [0.717, 1.165) is 5.56 Å². The standard InChI is InChI=1S/C26H25ClFN5O3/c27-21-5-6-23(28)22(10-21)19-3-1-16(2-4-19)7-17(9-25(34)24-12-30-32-31-24)8-20(26(35)36)15-33-13-18(11-29)14-33/h1-6,10,12,17-18,20H,7-9,13-15H2,(H,35,36)(H,30,31,32)/t17-,20+/m1/s1. The molecule has 1 aliphatic heterocycles. The lowest BCUT2D eigenvalue weighted by Crippen LogP contribution is -2.49. The van der Waals surface area contributed by atoms with Crippen LogP contribution in [0, 0.1) is 34.9 Å². The molecule has 2 aromatic carbocycles. The SMILES string of the molecule is N#CC1CN(C[C@H](C[C@H](CC(=O)c2cn[nH]n2)Cc2ccc(-c3cc(Cl)ccc3F)cc2)C(=O)O)C1. The number of carboxylic acids is 1. The molecule has 10 heteroatoms. The first-order valence-corrected chi connectivity index (χ1v) is 12.0. The second kappa shape index (κ2) is 11.4. The quantitative estimate of drug-likeness (QED) is 0.370. The van der Waals surface area contributed by atoms with E-state index in [-0.39, 0.29) is 42.0 Å². The third kappa shape index (κ3) is 6.33. The molecular formula is C26H25ClFN5O3. The van der Waals surface area contributed by atoms with Crippen molar-refractivity contribution in [2.45, 2.75) is 19.3 Å². The Balaban J connectivity index is 1.50. The average molecular weight is 510 g/mol. The molecule has 2 atom stereocenters. The number of rotatable bonds is 11. The number of ketones is 1. The molecule has 36 heavy (non-hydrogen) atoms. The summed E-state index contributed by atoms with van der Waals surface area (Å²) in [4.78, 5) is 26.8. The Morgan fingerprint density at radius 3 is 2.64 bits per heavy atom. The maximum atomic E-state index is 14.3. The van der Waals surface area contributed by atoms with Gasteiger partial charge in [0.25, 0.3) is 0 Å². The monoisotopic (exact) mass is 509 g/mol. The predicted octanol–water partition coefficient (Wildman–Crippen LogP) is 4.24. The Morgan fingerprint density at radius 2 is 2.00 bits per heavy atom. The van der Waals surface area contributed by atoms with Crippen molar-refractivity contribution >= 4 is 23.4 Å². The summed E-state index contributed by atoms with van der Waals surface area (Å²) in [5.41, 5.74) is 2.17. The summed E-state index contributed by atoms with van der Waals surface area (Å²) in [7, 11) is 0. The largest absolute Gasteiger partial charge is 0.481 e. The van der Waals surface area contributed by atoms with Gasteiger partial charge in [-0.05, 0) is 48.1 Å². The lowest BCUT2D eigenvalue weighted by atomic mass is 9.84. The first-order valence-electron chi connectivity index (χ1n) is 11.6. The van der Waals surface area contributed by atoms with Crippen molar-refractivity contribution in [3.05, 3.63) is 70.8 Å². The fraction of sp³-hybridized carbons (Fsp3) is 0.346. The third-order valence-electron chi connectivity index (χ3n) is 6.48. The fourth-order valence-corrected chi connectivity index (χ4v) is 4.75. The minimum atomic E-state index is -0.930. The van der Waals surface area contributed by atoms with E-state index in [2.05, 4.69) is 21.5 Å². The molecule has 3 aromatic rings. The molecule has 0 amide bonds. The van der Waals surface area contributed by atoms with Crippen LogP contribution in [-0.2, 0) is 11.2 Å². The van der Waals surface area contributed by atoms with E-state index in [4.69, 9.17) is 16.9 Å². The van der Waals surface area contributed by atoms with Crippen molar-refractivity contribution in [2.75, 3.05) is 19.6 Å². The van der Waals surface area contributed by atoms with Crippen molar-refractivity contribution in [2.24, 2.45) is 17.8 Å². The number of halogens is 2. The number of hydrogen-bond donors (Lipinski definition) is 2. The summed E-state index contributed by atoms with van der Waals surface area (Å²) in [5, 5.41) is 29.3. The van der Waals surface area contributed by atoms with Crippen LogP contribution in [0.2, 0.25) is 5.02 Å². The molecule has 2 heterocycles. The summed E-state index contributed by atoms with van der Waals surface area (Å²) in [6.07, 6.45) is 2.22. The number of hydrogen-bond acceptors (Lipinski definition) is 6. The number of nitrogens with one attached hydrogen (secondary N) is 1. The number of carboxylic acid groups (broad SMARTS) is 1. The highest BCUT2D eigenvalue weighted by molar-refractivity contribution is 6.30. The molecule has 1 fully saturated rings. The number of Topliss-reactive ketones (excluding diaryl/α,β-unsaturated/α-hetero) is 1. The van der Waals surface area contributed by atoms with Gasteiger partial charge in [-0.2, -0.15) is 20.7 Å². The highest BCUT2D eigenvalue weighted by atomic mass is 35.5. The zero-order valence-corrected chi connectivity index (χ0v) is 20.2. The lowest BCUT2D eigenvalue weighted by Gasteiger charge is -2.37. The number of benzene rings is 2. The number of aliphatic carboxylic acids is 1. The molecule has 2 N–H and O–H groups in total. The molecule has 1 saturated heterocycles.